The quantitative estimate of drug-likeness (QED) is 0.226. The van der Waals surface area contributed by atoms with Crippen LogP contribution in [0.25, 0.3) is 0 Å². The Kier molecular flexibility index (Phi) is 6.05. The van der Waals surface area contributed by atoms with Gasteiger partial charge in [0.1, 0.15) is 5.54 Å². The molecule has 9 heteroatoms. The Hall–Kier alpha value is -3.26. The maximum Gasteiger partial charge on any atom is 0.269 e. The van der Waals surface area contributed by atoms with Gasteiger partial charge in [-0.25, -0.2) is 0 Å². The molecule has 1 N–H and O–H groups in total. The van der Waals surface area contributed by atoms with Crippen molar-refractivity contribution in [2.75, 3.05) is 11.9 Å². The summed E-state index contributed by atoms with van der Waals surface area (Å²) in [6, 6.07) is 17.0. The number of halogens is 2. The largest absolute Gasteiger partial charge is 0.324 e. The molecule has 4 atom stereocenters. The zero-order chi connectivity index (χ0) is 26.8. The fraction of sp³-hybridized carbons (Fsp3) is 0.310. The third kappa shape index (κ3) is 3.52. The molecular formula is C29H25Cl2N3O4. The van der Waals surface area contributed by atoms with E-state index in [1.165, 1.54) is 6.07 Å². The molecule has 194 valence electrons. The lowest BCUT2D eigenvalue weighted by Crippen LogP contribution is -2.52. The van der Waals surface area contributed by atoms with E-state index in [0.717, 1.165) is 30.4 Å². The van der Waals surface area contributed by atoms with Gasteiger partial charge in [-0.15, -0.1) is 0 Å². The van der Waals surface area contributed by atoms with Gasteiger partial charge < -0.3 is 5.32 Å². The molecule has 3 heterocycles. The molecule has 3 aromatic carbocycles. The number of benzene rings is 3. The highest BCUT2D eigenvalue weighted by molar-refractivity contribution is 6.42. The third-order valence-electron chi connectivity index (χ3n) is 8.43. The van der Waals surface area contributed by atoms with Crippen LogP contribution in [0.5, 0.6) is 0 Å². The van der Waals surface area contributed by atoms with Crippen LogP contribution in [0.2, 0.25) is 10.0 Å². The van der Waals surface area contributed by atoms with E-state index in [0.29, 0.717) is 28.4 Å². The molecule has 1 amide bonds. The monoisotopic (exact) mass is 549 g/mol. The van der Waals surface area contributed by atoms with E-state index in [-0.39, 0.29) is 28.4 Å². The number of fused-ring (bicyclic) bond motifs is 4. The van der Waals surface area contributed by atoms with E-state index < -0.39 is 22.3 Å². The first kappa shape index (κ1) is 25.0. The first-order valence-corrected chi connectivity index (χ1v) is 13.5. The van der Waals surface area contributed by atoms with Gasteiger partial charge in [0, 0.05) is 40.9 Å². The van der Waals surface area contributed by atoms with Crippen molar-refractivity contribution >= 4 is 46.3 Å². The molecule has 1 spiro atoms. The second-order valence-electron chi connectivity index (χ2n) is 10.2. The number of Topliss-reactive ketones (excluding diaryl/α,β-unsaturated/α-hetero) is 1. The van der Waals surface area contributed by atoms with Crippen molar-refractivity contribution in [2.45, 2.75) is 43.7 Å². The van der Waals surface area contributed by atoms with Gasteiger partial charge in [-0.05, 0) is 61.2 Å². The van der Waals surface area contributed by atoms with Crippen LogP contribution >= 0.6 is 23.2 Å². The number of aryl methyl sites for hydroxylation is 1. The highest BCUT2D eigenvalue weighted by Gasteiger charge is 2.69. The molecule has 0 aromatic heterocycles. The second kappa shape index (κ2) is 9.19. The van der Waals surface area contributed by atoms with Crippen molar-refractivity contribution in [1.82, 2.24) is 4.90 Å². The Morgan fingerprint density at radius 1 is 1.13 bits per heavy atom. The highest BCUT2D eigenvalue weighted by atomic mass is 35.5. The third-order valence-corrected chi connectivity index (χ3v) is 9.16. The maximum absolute atomic E-state index is 14.6. The first-order valence-electron chi connectivity index (χ1n) is 12.7. The van der Waals surface area contributed by atoms with Gasteiger partial charge in [0.25, 0.3) is 5.69 Å². The van der Waals surface area contributed by atoms with Gasteiger partial charge in [-0.2, -0.15) is 0 Å². The van der Waals surface area contributed by atoms with Crippen LogP contribution in [0.1, 0.15) is 52.7 Å². The molecule has 6 rings (SSSR count). The normalized spacial score (nSPS) is 25.9. The molecule has 2 saturated heterocycles. The van der Waals surface area contributed by atoms with Crippen molar-refractivity contribution in [3.63, 3.8) is 0 Å². The molecule has 0 aliphatic carbocycles. The highest BCUT2D eigenvalue weighted by Crippen LogP contribution is 2.61. The number of anilines is 1. The van der Waals surface area contributed by atoms with E-state index in [4.69, 9.17) is 23.2 Å². The number of ketones is 1. The number of nitrogens with one attached hydrogen (secondary N) is 1. The Balaban J connectivity index is 1.63. The number of nitrogens with zero attached hydrogens (tertiary/aromatic N) is 2. The molecule has 38 heavy (non-hydrogen) atoms. The van der Waals surface area contributed by atoms with E-state index in [1.807, 2.05) is 24.3 Å². The zero-order valence-corrected chi connectivity index (χ0v) is 22.1. The van der Waals surface area contributed by atoms with Crippen molar-refractivity contribution in [3.05, 3.63) is 103 Å². The summed E-state index contributed by atoms with van der Waals surface area (Å²) in [6.45, 7) is 2.70. The van der Waals surface area contributed by atoms with Crippen molar-refractivity contribution < 1.29 is 14.5 Å². The molecule has 3 aliphatic heterocycles. The number of carbonyl (C=O) groups excluding carboxylic acids is 2. The Morgan fingerprint density at radius 3 is 2.68 bits per heavy atom. The van der Waals surface area contributed by atoms with Crippen molar-refractivity contribution in [2.24, 2.45) is 5.92 Å². The predicted octanol–water partition coefficient (Wildman–Crippen LogP) is 6.37. The molecule has 2 fully saturated rings. The van der Waals surface area contributed by atoms with Crippen molar-refractivity contribution in [3.8, 4) is 0 Å². The fourth-order valence-electron chi connectivity index (χ4n) is 6.88. The zero-order valence-electron chi connectivity index (χ0n) is 20.6. The van der Waals surface area contributed by atoms with Crippen molar-refractivity contribution in [1.29, 1.82) is 0 Å². The number of nitro groups is 1. The van der Waals surface area contributed by atoms with Crippen LogP contribution in [-0.4, -0.2) is 34.1 Å². The van der Waals surface area contributed by atoms with Gasteiger partial charge in [0.15, 0.2) is 5.78 Å². The van der Waals surface area contributed by atoms with Gasteiger partial charge in [0.2, 0.25) is 5.91 Å². The van der Waals surface area contributed by atoms with Gasteiger partial charge >= 0.3 is 0 Å². The summed E-state index contributed by atoms with van der Waals surface area (Å²) in [5.74, 6) is -1.75. The molecule has 0 saturated carbocycles. The lowest BCUT2D eigenvalue weighted by Gasteiger charge is -2.37. The van der Waals surface area contributed by atoms with Crippen LogP contribution in [0.15, 0.2) is 60.7 Å². The summed E-state index contributed by atoms with van der Waals surface area (Å²) in [7, 11) is 0. The van der Waals surface area contributed by atoms with E-state index in [1.54, 1.807) is 30.3 Å². The number of carbonyl (C=O) groups is 2. The van der Waals surface area contributed by atoms with E-state index in [2.05, 4.69) is 17.1 Å². The average molecular weight is 550 g/mol. The van der Waals surface area contributed by atoms with Gasteiger partial charge in [-0.1, -0.05) is 54.4 Å². The molecule has 3 aliphatic rings. The number of amides is 1. The summed E-state index contributed by atoms with van der Waals surface area (Å²) in [5, 5.41) is 15.3. The molecule has 3 aromatic rings. The fourth-order valence-corrected chi connectivity index (χ4v) is 7.17. The SMILES string of the molecule is CCc1ccc2c(c1)[C@]1(C(=O)N2)C(C(=O)c2ccc(Cl)c(Cl)c2)C(c2cccc([N+](=O)[O-])c2)C2CCCN21. The minimum absolute atomic E-state index is 0.0433. The molecule has 0 radical (unpaired) electrons. The number of nitro benzene ring substituents is 1. The smallest absolute Gasteiger partial charge is 0.269 e. The minimum Gasteiger partial charge on any atom is -0.324 e. The number of non-ortho nitro benzene ring substituents is 1. The number of hydrogen-bond acceptors (Lipinski definition) is 5. The van der Waals surface area contributed by atoms with Crippen LogP contribution in [-0.2, 0) is 16.8 Å². The lowest BCUT2D eigenvalue weighted by atomic mass is 9.68. The van der Waals surface area contributed by atoms with Crippen LogP contribution in [0.4, 0.5) is 11.4 Å². The average Bonchev–Trinajstić information content (AvgIpc) is 3.58. The predicted molar refractivity (Wildman–Crippen MR) is 146 cm³/mol. The van der Waals surface area contributed by atoms with Crippen LogP contribution in [0, 0.1) is 16.0 Å². The summed E-state index contributed by atoms with van der Waals surface area (Å²) in [6.07, 6.45) is 2.42. The summed E-state index contributed by atoms with van der Waals surface area (Å²) in [5.41, 5.74) is 2.30. The molecule has 7 nitrogen and oxygen atoms in total. The van der Waals surface area contributed by atoms with Gasteiger partial charge in [0.05, 0.1) is 20.9 Å². The first-order chi connectivity index (χ1) is 18.3. The maximum atomic E-state index is 14.6. The van der Waals surface area contributed by atoms with Crippen LogP contribution in [0.3, 0.4) is 0 Å². The molecule has 3 unspecified atom stereocenters. The standard InChI is InChI=1S/C29H25Cl2N3O4/c1-2-16-8-11-23-20(13-16)29(28(36)32-23)26(27(35)18-9-10-21(30)22(31)15-18)25(24-7-4-12-33(24)29)17-5-3-6-19(14-17)34(37)38/h3,5-6,8-11,13-15,24-26H,2,4,7,12H2,1H3,(H,32,36)/t24?,25?,26?,29-/m1/s1. The Labute approximate surface area is 229 Å². The minimum atomic E-state index is -1.25. The summed E-state index contributed by atoms with van der Waals surface area (Å²) >= 11 is 12.5. The number of rotatable bonds is 5. The summed E-state index contributed by atoms with van der Waals surface area (Å²) in [4.78, 5) is 42.2. The second-order valence-corrected chi connectivity index (χ2v) is 11.0. The molecule has 0 bridgehead atoms. The topological polar surface area (TPSA) is 92.5 Å². The number of hydrogen-bond donors (Lipinski definition) is 1. The molecular weight excluding hydrogens is 525 g/mol. The van der Waals surface area contributed by atoms with E-state index >= 15 is 0 Å². The van der Waals surface area contributed by atoms with Crippen LogP contribution < -0.4 is 5.32 Å². The lowest BCUT2D eigenvalue weighted by molar-refractivity contribution is -0.384. The summed E-state index contributed by atoms with van der Waals surface area (Å²) < 4.78 is 0. The Morgan fingerprint density at radius 2 is 1.95 bits per heavy atom. The van der Waals surface area contributed by atoms with Gasteiger partial charge in [-0.3, -0.25) is 24.6 Å². The van der Waals surface area contributed by atoms with E-state index in [9.17, 15) is 19.7 Å². The Bertz CT molecular complexity index is 1510.